The van der Waals surface area contributed by atoms with Gasteiger partial charge >= 0.3 is 5.97 Å². The molecule has 0 unspecified atom stereocenters. The molecule has 0 aromatic heterocycles. The molecule has 1 aliphatic heterocycles. The predicted molar refractivity (Wildman–Crippen MR) is 79.4 cm³/mol. The molecule has 0 spiro atoms. The van der Waals surface area contributed by atoms with Gasteiger partial charge in [-0.2, -0.15) is 0 Å². The number of hydrogen-bond donors (Lipinski definition) is 2. The summed E-state index contributed by atoms with van der Waals surface area (Å²) in [5.74, 6) is -1.80. The average molecular weight is 326 g/mol. The molecule has 1 amide bonds. The maximum atomic E-state index is 12.1. The first kappa shape index (κ1) is 16.4. The highest BCUT2D eigenvalue weighted by Gasteiger charge is 2.32. The summed E-state index contributed by atoms with van der Waals surface area (Å²) < 4.78 is 26.7. The second-order valence-electron chi connectivity index (χ2n) is 5.21. The summed E-state index contributed by atoms with van der Waals surface area (Å²) in [6, 6.07) is 7.77. The molecule has 120 valence electrons. The van der Waals surface area contributed by atoms with Crippen molar-refractivity contribution in [2.24, 2.45) is 0 Å². The van der Waals surface area contributed by atoms with Gasteiger partial charge < -0.3 is 10.0 Å². The van der Waals surface area contributed by atoms with E-state index in [1.165, 1.54) is 4.90 Å². The van der Waals surface area contributed by atoms with Gasteiger partial charge in [0, 0.05) is 6.54 Å². The third kappa shape index (κ3) is 4.54. The number of carbonyl (C=O) groups is 2. The van der Waals surface area contributed by atoms with Crippen LogP contribution in [0.5, 0.6) is 0 Å². The summed E-state index contributed by atoms with van der Waals surface area (Å²) in [4.78, 5) is 24.0. The zero-order chi connectivity index (χ0) is 16.2. The fraction of sp³-hybridized carbons (Fsp3) is 0.429. The lowest BCUT2D eigenvalue weighted by atomic mass is 10.1. The molecule has 0 bridgehead atoms. The van der Waals surface area contributed by atoms with Crippen molar-refractivity contribution in [3.63, 3.8) is 0 Å². The topological polar surface area (TPSA) is 104 Å². The zero-order valence-electron chi connectivity index (χ0n) is 11.9. The van der Waals surface area contributed by atoms with Gasteiger partial charge in [0.05, 0.1) is 5.75 Å². The molecular weight excluding hydrogens is 308 g/mol. The Bertz CT molecular complexity index is 644. The molecule has 0 radical (unpaired) electrons. The molecule has 1 aromatic rings. The van der Waals surface area contributed by atoms with E-state index in [1.54, 1.807) is 30.3 Å². The smallest absolute Gasteiger partial charge is 0.323 e. The molecule has 1 aromatic carbocycles. The van der Waals surface area contributed by atoms with Crippen LogP contribution in [0.2, 0.25) is 0 Å². The van der Waals surface area contributed by atoms with Crippen LogP contribution in [0, 0.1) is 0 Å². The largest absolute Gasteiger partial charge is 0.480 e. The molecule has 0 aliphatic carbocycles. The summed E-state index contributed by atoms with van der Waals surface area (Å²) in [7, 11) is -3.66. The standard InChI is InChI=1S/C14H18N2O5S/c17-13(18)9-16-8-4-7-12(14(16)19)15-22(20,21)10-11-5-2-1-3-6-11/h1-3,5-6,12,15H,4,7-10H2,(H,17,18)/t12-/m0/s1. The van der Waals surface area contributed by atoms with Gasteiger partial charge in [0.25, 0.3) is 0 Å². The van der Waals surface area contributed by atoms with Crippen molar-refractivity contribution in [3.8, 4) is 0 Å². The van der Waals surface area contributed by atoms with Gasteiger partial charge in [-0.25, -0.2) is 13.1 Å². The number of hydrogen-bond acceptors (Lipinski definition) is 4. The number of benzene rings is 1. The SMILES string of the molecule is O=C(O)CN1CCC[C@H](NS(=O)(=O)Cc2ccccc2)C1=O. The van der Waals surface area contributed by atoms with E-state index >= 15 is 0 Å². The number of carboxylic acid groups (broad SMARTS) is 1. The Morgan fingerprint density at radius 1 is 1.32 bits per heavy atom. The number of nitrogens with one attached hydrogen (secondary N) is 1. The maximum absolute atomic E-state index is 12.1. The highest BCUT2D eigenvalue weighted by molar-refractivity contribution is 7.88. The Labute approximate surface area is 129 Å². The molecule has 22 heavy (non-hydrogen) atoms. The summed E-state index contributed by atoms with van der Waals surface area (Å²) in [6.07, 6.45) is 0.945. The van der Waals surface area contributed by atoms with Crippen molar-refractivity contribution >= 4 is 21.9 Å². The quantitative estimate of drug-likeness (QED) is 0.776. The molecule has 1 aliphatic rings. The third-order valence-electron chi connectivity index (χ3n) is 3.38. The zero-order valence-corrected chi connectivity index (χ0v) is 12.8. The normalized spacial score (nSPS) is 19.2. The van der Waals surface area contributed by atoms with E-state index in [0.29, 0.717) is 24.9 Å². The minimum Gasteiger partial charge on any atom is -0.480 e. The summed E-state index contributed by atoms with van der Waals surface area (Å²) in [5.41, 5.74) is 0.626. The minimum absolute atomic E-state index is 0.212. The Morgan fingerprint density at radius 3 is 2.64 bits per heavy atom. The molecule has 1 heterocycles. The first-order chi connectivity index (χ1) is 10.4. The van der Waals surface area contributed by atoms with Crippen LogP contribution in [-0.4, -0.2) is 49.4 Å². The number of piperidine rings is 1. The number of rotatable bonds is 6. The Balaban J connectivity index is 2.02. The summed E-state index contributed by atoms with van der Waals surface area (Å²) >= 11 is 0. The van der Waals surface area contributed by atoms with Crippen molar-refractivity contribution < 1.29 is 23.1 Å². The van der Waals surface area contributed by atoms with Gasteiger partial charge in [0.2, 0.25) is 15.9 Å². The second kappa shape index (κ2) is 6.89. The van der Waals surface area contributed by atoms with Crippen LogP contribution < -0.4 is 4.72 Å². The number of likely N-dealkylation sites (tertiary alicyclic amines) is 1. The van der Waals surface area contributed by atoms with Gasteiger partial charge in [0.1, 0.15) is 12.6 Å². The molecule has 7 nitrogen and oxygen atoms in total. The first-order valence-electron chi connectivity index (χ1n) is 6.92. The molecule has 1 atom stereocenters. The molecule has 0 saturated carbocycles. The van der Waals surface area contributed by atoms with E-state index in [1.807, 2.05) is 0 Å². The fourth-order valence-electron chi connectivity index (χ4n) is 2.42. The van der Waals surface area contributed by atoms with Gasteiger partial charge in [0.15, 0.2) is 0 Å². The number of aliphatic carboxylic acids is 1. The monoisotopic (exact) mass is 326 g/mol. The lowest BCUT2D eigenvalue weighted by Crippen LogP contribution is -2.53. The Morgan fingerprint density at radius 2 is 2.00 bits per heavy atom. The van der Waals surface area contributed by atoms with E-state index in [0.717, 1.165) is 0 Å². The van der Waals surface area contributed by atoms with E-state index in [9.17, 15) is 18.0 Å². The number of amides is 1. The van der Waals surface area contributed by atoms with E-state index in [4.69, 9.17) is 5.11 Å². The number of nitrogens with zero attached hydrogens (tertiary/aromatic N) is 1. The van der Waals surface area contributed by atoms with Crippen LogP contribution >= 0.6 is 0 Å². The van der Waals surface area contributed by atoms with Crippen molar-refractivity contribution in [2.45, 2.75) is 24.6 Å². The summed E-state index contributed by atoms with van der Waals surface area (Å²) in [5, 5.41) is 8.76. The molecule has 1 fully saturated rings. The molecule has 1 saturated heterocycles. The second-order valence-corrected chi connectivity index (χ2v) is 6.96. The van der Waals surface area contributed by atoms with Crippen molar-refractivity contribution in [1.29, 1.82) is 0 Å². The van der Waals surface area contributed by atoms with Gasteiger partial charge in [-0.1, -0.05) is 30.3 Å². The summed E-state index contributed by atoms with van der Waals surface area (Å²) in [6.45, 7) is -0.0716. The van der Waals surface area contributed by atoms with E-state index in [2.05, 4.69) is 4.72 Å². The van der Waals surface area contributed by atoms with Crippen molar-refractivity contribution in [1.82, 2.24) is 9.62 Å². The highest BCUT2D eigenvalue weighted by atomic mass is 32.2. The molecule has 2 rings (SSSR count). The van der Waals surface area contributed by atoms with Gasteiger partial charge in [-0.3, -0.25) is 9.59 Å². The van der Waals surface area contributed by atoms with Crippen molar-refractivity contribution in [3.05, 3.63) is 35.9 Å². The fourth-order valence-corrected chi connectivity index (χ4v) is 3.79. The molecular formula is C14H18N2O5S. The van der Waals surface area contributed by atoms with Crippen LogP contribution in [0.25, 0.3) is 0 Å². The highest BCUT2D eigenvalue weighted by Crippen LogP contribution is 2.14. The van der Waals surface area contributed by atoms with E-state index < -0.39 is 34.5 Å². The average Bonchev–Trinajstić information content (AvgIpc) is 2.43. The Hall–Kier alpha value is -1.93. The van der Waals surface area contributed by atoms with Crippen molar-refractivity contribution in [2.75, 3.05) is 13.1 Å². The lowest BCUT2D eigenvalue weighted by molar-refractivity contribution is -0.146. The van der Waals surface area contributed by atoms with Crippen LogP contribution in [0.15, 0.2) is 30.3 Å². The number of carbonyl (C=O) groups excluding carboxylic acids is 1. The van der Waals surface area contributed by atoms with E-state index in [-0.39, 0.29) is 5.75 Å². The van der Waals surface area contributed by atoms with Gasteiger partial charge in [-0.15, -0.1) is 0 Å². The predicted octanol–water partition coefficient (Wildman–Crippen LogP) is 0.182. The first-order valence-corrected chi connectivity index (χ1v) is 8.57. The third-order valence-corrected chi connectivity index (χ3v) is 4.74. The Kier molecular flexibility index (Phi) is 5.15. The van der Waals surface area contributed by atoms with Crippen LogP contribution in [0.1, 0.15) is 18.4 Å². The molecule has 2 N–H and O–H groups in total. The van der Waals surface area contributed by atoms with Gasteiger partial charge in [-0.05, 0) is 18.4 Å². The minimum atomic E-state index is -3.66. The van der Waals surface area contributed by atoms with Crippen LogP contribution in [0.4, 0.5) is 0 Å². The number of carboxylic acids is 1. The van der Waals surface area contributed by atoms with Crippen LogP contribution in [0.3, 0.4) is 0 Å². The number of sulfonamides is 1. The maximum Gasteiger partial charge on any atom is 0.323 e. The lowest BCUT2D eigenvalue weighted by Gasteiger charge is -2.31. The van der Waals surface area contributed by atoms with Crippen LogP contribution in [-0.2, 0) is 25.4 Å². The molecule has 8 heteroatoms.